The summed E-state index contributed by atoms with van der Waals surface area (Å²) in [5.74, 6) is 1.26. The Morgan fingerprint density at radius 3 is 2.51 bits per heavy atom. The Kier molecular flexibility index (Phi) is 6.94. The first kappa shape index (κ1) is 24.7. The number of amides is 1. The molecule has 1 unspecified atom stereocenters. The van der Waals surface area contributed by atoms with Gasteiger partial charge in [0.2, 0.25) is 0 Å². The number of methoxy groups -OCH3 is 1. The van der Waals surface area contributed by atoms with Gasteiger partial charge in [-0.3, -0.25) is 14.5 Å². The van der Waals surface area contributed by atoms with E-state index in [1.807, 2.05) is 43.3 Å². The first-order valence-electron chi connectivity index (χ1n) is 13.1. The van der Waals surface area contributed by atoms with E-state index >= 15 is 0 Å². The summed E-state index contributed by atoms with van der Waals surface area (Å²) >= 11 is 1.87. The fourth-order valence-electron chi connectivity index (χ4n) is 6.50. The van der Waals surface area contributed by atoms with Crippen LogP contribution in [0.5, 0.6) is 0 Å². The van der Waals surface area contributed by atoms with E-state index in [1.54, 1.807) is 0 Å². The summed E-state index contributed by atoms with van der Waals surface area (Å²) in [6.07, 6.45) is 6.37. The van der Waals surface area contributed by atoms with Gasteiger partial charge in [-0.25, -0.2) is 0 Å². The van der Waals surface area contributed by atoms with Crippen molar-refractivity contribution in [2.45, 2.75) is 84.4 Å². The number of H-pyrrole nitrogens is 1. The van der Waals surface area contributed by atoms with Crippen LogP contribution in [-0.2, 0) is 17.7 Å². The number of hydrogen-bond acceptors (Lipinski definition) is 5. The molecule has 7 heteroatoms. The number of aromatic amines is 1. The summed E-state index contributed by atoms with van der Waals surface area (Å²) in [5.41, 5.74) is 4.51. The van der Waals surface area contributed by atoms with E-state index in [-0.39, 0.29) is 11.5 Å². The summed E-state index contributed by atoms with van der Waals surface area (Å²) in [5, 5.41) is 0. The van der Waals surface area contributed by atoms with E-state index in [0.717, 1.165) is 36.3 Å². The third-order valence-electron chi connectivity index (χ3n) is 8.80. The highest BCUT2D eigenvalue weighted by Gasteiger charge is 2.37. The average Bonchev–Trinajstić information content (AvgIpc) is 3.14. The third kappa shape index (κ3) is 4.63. The second-order valence-electron chi connectivity index (χ2n) is 11.0. The molecule has 6 nitrogen and oxygen atoms in total. The van der Waals surface area contributed by atoms with Crippen molar-refractivity contribution in [3.05, 3.63) is 54.1 Å². The quantitative estimate of drug-likeness (QED) is 0.636. The third-order valence-corrected chi connectivity index (χ3v) is 10.3. The van der Waals surface area contributed by atoms with Crippen LogP contribution in [-0.4, -0.2) is 59.6 Å². The Bertz CT molecular complexity index is 1150. The Labute approximate surface area is 212 Å². The molecule has 0 aromatic carbocycles. The average molecular weight is 498 g/mol. The molecule has 1 atom stereocenters. The largest absolute Gasteiger partial charge is 0.379 e. The van der Waals surface area contributed by atoms with Gasteiger partial charge in [0.1, 0.15) is 0 Å². The number of aryl methyl sites for hydroxylation is 2. The number of aromatic nitrogens is 1. The number of thiophene rings is 1. The zero-order valence-electron chi connectivity index (χ0n) is 21.8. The van der Waals surface area contributed by atoms with Crippen molar-refractivity contribution in [2.24, 2.45) is 5.92 Å². The minimum absolute atomic E-state index is 0.0796. The lowest BCUT2D eigenvalue weighted by Gasteiger charge is -2.46. The highest BCUT2D eigenvalue weighted by molar-refractivity contribution is 7.12. The molecule has 2 aromatic heterocycles. The molecule has 0 radical (unpaired) electrons. The highest BCUT2D eigenvalue weighted by Crippen LogP contribution is 2.44. The van der Waals surface area contributed by atoms with Crippen LogP contribution < -0.4 is 5.56 Å². The van der Waals surface area contributed by atoms with Crippen LogP contribution in [0.25, 0.3) is 0 Å². The lowest BCUT2D eigenvalue weighted by atomic mass is 9.76. The number of nitrogens with zero attached hydrogens (tertiary/aromatic N) is 2. The molecule has 5 rings (SSSR count). The predicted octanol–water partition coefficient (Wildman–Crippen LogP) is 4.55. The molecule has 4 heterocycles. The van der Waals surface area contributed by atoms with Gasteiger partial charge >= 0.3 is 0 Å². The van der Waals surface area contributed by atoms with Crippen LogP contribution in [0, 0.1) is 26.7 Å². The fourth-order valence-corrected chi connectivity index (χ4v) is 7.93. The van der Waals surface area contributed by atoms with Gasteiger partial charge in [0.15, 0.2) is 0 Å². The van der Waals surface area contributed by atoms with Gasteiger partial charge in [-0.2, -0.15) is 0 Å². The first-order chi connectivity index (χ1) is 16.8. The van der Waals surface area contributed by atoms with E-state index in [9.17, 15) is 9.59 Å². The molecule has 2 aliphatic heterocycles. The van der Waals surface area contributed by atoms with Gasteiger partial charge < -0.3 is 14.6 Å². The summed E-state index contributed by atoms with van der Waals surface area (Å²) in [4.78, 5) is 36.1. The number of carbonyl (C=O) groups is 1. The number of hydrogen-bond donors (Lipinski definition) is 1. The van der Waals surface area contributed by atoms with Crippen molar-refractivity contribution in [2.75, 3.05) is 26.7 Å². The first-order valence-corrected chi connectivity index (χ1v) is 14.0. The van der Waals surface area contributed by atoms with Gasteiger partial charge in [-0.15, -0.1) is 11.3 Å². The molecule has 2 aromatic rings. The lowest BCUT2D eigenvalue weighted by molar-refractivity contribution is -0.0600. The molecule has 1 amide bonds. The van der Waals surface area contributed by atoms with Gasteiger partial charge in [0.05, 0.1) is 18.2 Å². The molecule has 1 saturated heterocycles. The molecule has 1 aliphatic carbocycles. The predicted molar refractivity (Wildman–Crippen MR) is 141 cm³/mol. The van der Waals surface area contributed by atoms with E-state index in [2.05, 4.69) is 23.7 Å². The van der Waals surface area contributed by atoms with Crippen molar-refractivity contribution < 1.29 is 9.53 Å². The van der Waals surface area contributed by atoms with Gasteiger partial charge in [-0.05, 0) is 75.5 Å². The van der Waals surface area contributed by atoms with Crippen molar-refractivity contribution >= 4 is 17.2 Å². The lowest BCUT2D eigenvalue weighted by Crippen LogP contribution is -2.56. The molecular weight excluding hydrogens is 458 g/mol. The van der Waals surface area contributed by atoms with E-state index < -0.39 is 0 Å². The molecule has 35 heavy (non-hydrogen) atoms. The van der Waals surface area contributed by atoms with E-state index in [4.69, 9.17) is 4.74 Å². The molecule has 1 saturated carbocycles. The second kappa shape index (κ2) is 9.83. The molecule has 0 bridgehead atoms. The highest BCUT2D eigenvalue weighted by atomic mass is 32.1. The summed E-state index contributed by atoms with van der Waals surface area (Å²) < 4.78 is 5.45. The van der Waals surface area contributed by atoms with Crippen LogP contribution in [0.3, 0.4) is 0 Å². The van der Waals surface area contributed by atoms with Crippen molar-refractivity contribution in [3.8, 4) is 0 Å². The Hall–Kier alpha value is -1.96. The topological polar surface area (TPSA) is 65.6 Å². The molecule has 0 spiro atoms. The monoisotopic (exact) mass is 497 g/mol. The minimum Gasteiger partial charge on any atom is -0.379 e. The van der Waals surface area contributed by atoms with Crippen molar-refractivity contribution in [1.29, 1.82) is 0 Å². The van der Waals surface area contributed by atoms with Crippen molar-refractivity contribution in [1.82, 2.24) is 14.8 Å². The number of rotatable bonds is 6. The van der Waals surface area contributed by atoms with E-state index in [1.165, 1.54) is 41.0 Å². The molecule has 2 fully saturated rings. The summed E-state index contributed by atoms with van der Waals surface area (Å²) in [6, 6.07) is 2.70. The van der Waals surface area contributed by atoms with Crippen molar-refractivity contribution in [3.63, 3.8) is 0 Å². The number of nitrogens with one attached hydrogen (secondary N) is 1. The van der Waals surface area contributed by atoms with Gasteiger partial charge in [0, 0.05) is 60.2 Å². The van der Waals surface area contributed by atoms with Crippen LogP contribution >= 0.6 is 11.3 Å². The number of pyridine rings is 1. The Morgan fingerprint density at radius 1 is 1.14 bits per heavy atom. The van der Waals surface area contributed by atoms with Crippen LogP contribution in [0.15, 0.2) is 10.9 Å². The number of carbonyl (C=O) groups excluding carboxylic acids is 1. The Balaban J connectivity index is 1.27. The number of likely N-dealkylation sites (tertiary alicyclic amines) is 1. The standard InChI is InChI=1S/C28H39N3O3S/c1-16-12-17(2)29-27(32)23(16)15-30-11-10-24-25(28(30)33)19(4)26(35-24)18(3)20-6-8-21(9-7-20)31-13-22(14-31)34-5/h12,18,20-22H,6-11,13-15H2,1-5H3,(H,29,32)/t18?,20-,21-. The maximum atomic E-state index is 13.6. The van der Waals surface area contributed by atoms with Crippen LogP contribution in [0.1, 0.15) is 81.0 Å². The maximum absolute atomic E-state index is 13.6. The minimum atomic E-state index is -0.0796. The normalized spacial score (nSPS) is 24.4. The zero-order valence-corrected chi connectivity index (χ0v) is 22.6. The Morgan fingerprint density at radius 2 is 1.86 bits per heavy atom. The second-order valence-corrected chi connectivity index (χ2v) is 12.1. The molecular formula is C28H39N3O3S. The zero-order chi connectivity index (χ0) is 24.9. The van der Waals surface area contributed by atoms with Crippen LogP contribution in [0.4, 0.5) is 0 Å². The fraction of sp³-hybridized carbons (Fsp3) is 0.643. The summed E-state index contributed by atoms with van der Waals surface area (Å²) in [6.45, 7) is 11.6. The number of ether oxygens (including phenoxy) is 1. The molecule has 3 aliphatic rings. The van der Waals surface area contributed by atoms with Gasteiger partial charge in [-0.1, -0.05) is 6.92 Å². The smallest absolute Gasteiger partial charge is 0.255 e. The molecule has 1 N–H and O–H groups in total. The number of fused-ring (bicyclic) bond motifs is 1. The molecule has 190 valence electrons. The van der Waals surface area contributed by atoms with Crippen LogP contribution in [0.2, 0.25) is 0 Å². The summed E-state index contributed by atoms with van der Waals surface area (Å²) in [7, 11) is 1.82. The van der Waals surface area contributed by atoms with E-state index in [0.29, 0.717) is 42.6 Å². The van der Waals surface area contributed by atoms with Gasteiger partial charge in [0.25, 0.3) is 11.5 Å². The SMILES string of the molecule is COC1CN([C@H]2CC[C@H](C(C)c3sc4c(c3C)C(=O)N(Cc3c(C)cc(C)[nH]c3=O)CC4)CC2)C1. The maximum Gasteiger partial charge on any atom is 0.255 e.